The molecule has 2 N–H and O–H groups in total. The predicted octanol–water partition coefficient (Wildman–Crippen LogP) is 9.22. The Morgan fingerprint density at radius 1 is 0.633 bits per heavy atom. The molecule has 0 aliphatic carbocycles. The SMILES string of the molecule is CC(C)(C)c1cc(CCC(=O)OCC(O)CC(F)(F)C(F)(F)C(F)(F)C(F)(F)C(F)(F)C(F)(F)C(F)(F)C(F)(F)F)cc(C(C)(C)C)c1O. The summed E-state index contributed by atoms with van der Waals surface area (Å²) < 4.78 is 232. The van der Waals surface area contributed by atoms with Crippen LogP contribution in [-0.4, -0.2) is 76.5 Å². The highest BCUT2D eigenvalue weighted by molar-refractivity contribution is 5.69. The Labute approximate surface area is 267 Å². The number of esters is 1. The van der Waals surface area contributed by atoms with Crippen LogP contribution in [0.2, 0.25) is 0 Å². The lowest BCUT2D eigenvalue weighted by molar-refractivity contribution is -0.462. The van der Waals surface area contributed by atoms with Gasteiger partial charge in [0.25, 0.3) is 0 Å². The Morgan fingerprint density at radius 2 is 0.980 bits per heavy atom. The average Bonchev–Trinajstić information content (AvgIpc) is 2.88. The molecule has 0 radical (unpaired) electrons. The van der Waals surface area contributed by atoms with Crippen LogP contribution in [0, 0.1) is 0 Å². The summed E-state index contributed by atoms with van der Waals surface area (Å²) in [5.74, 6) is -59.0. The highest BCUT2D eigenvalue weighted by Crippen LogP contribution is 2.64. The fourth-order valence-electron chi connectivity index (χ4n) is 4.17. The van der Waals surface area contributed by atoms with Crippen LogP contribution in [0.15, 0.2) is 12.1 Å². The number of carbonyl (C=O) groups is 1. The summed E-state index contributed by atoms with van der Waals surface area (Å²) in [4.78, 5) is 12.1. The van der Waals surface area contributed by atoms with Gasteiger partial charge in [0, 0.05) is 12.8 Å². The van der Waals surface area contributed by atoms with Crippen LogP contribution in [0.3, 0.4) is 0 Å². The van der Waals surface area contributed by atoms with Crippen molar-refractivity contribution in [3.05, 3.63) is 28.8 Å². The maximum Gasteiger partial charge on any atom is 0.460 e. The number of aromatic hydroxyl groups is 1. The average molecular weight is 755 g/mol. The zero-order valence-corrected chi connectivity index (χ0v) is 26.2. The molecule has 21 heteroatoms. The number of hydrogen-bond acceptors (Lipinski definition) is 4. The number of alkyl halides is 17. The van der Waals surface area contributed by atoms with E-state index >= 15 is 0 Å². The van der Waals surface area contributed by atoms with Gasteiger partial charge in [-0.2, -0.15) is 74.6 Å². The number of ether oxygens (including phenoxy) is 1. The third-order valence-electron chi connectivity index (χ3n) is 7.12. The van der Waals surface area contributed by atoms with Crippen LogP contribution in [0.25, 0.3) is 0 Å². The minimum absolute atomic E-state index is 0.0489. The Balaban J connectivity index is 3.17. The molecule has 1 rings (SSSR count). The Hall–Kier alpha value is -2.74. The number of hydrogen-bond donors (Lipinski definition) is 2. The number of carbonyl (C=O) groups excluding carboxylic acids is 1. The second-order valence-electron chi connectivity index (χ2n) is 13.2. The monoisotopic (exact) mass is 754 g/mol. The van der Waals surface area contributed by atoms with E-state index in [0.717, 1.165) is 0 Å². The number of aliphatic hydroxyl groups is 1. The molecule has 1 aromatic rings. The van der Waals surface area contributed by atoms with Crippen LogP contribution in [-0.2, 0) is 26.8 Å². The van der Waals surface area contributed by atoms with E-state index in [1.807, 2.05) is 0 Å². The molecule has 0 fully saturated rings. The standard InChI is InChI=1S/C28H31F17O4/c1-19(2,3)15-9-13(10-16(18(15)48)20(4,5)6)7-8-17(47)49-12-14(46)11-21(29,30)22(31,32)23(33,34)24(35,36)25(37,38)26(39,40)27(41,42)28(43,44)45/h9-10,14,46,48H,7-8,11-12H2,1-6H3. The van der Waals surface area contributed by atoms with Crippen molar-refractivity contribution in [2.75, 3.05) is 6.61 Å². The minimum Gasteiger partial charge on any atom is -0.507 e. The summed E-state index contributed by atoms with van der Waals surface area (Å²) in [7, 11) is 0. The highest BCUT2D eigenvalue weighted by Gasteiger charge is 2.95. The first-order chi connectivity index (χ1) is 21.3. The number of aryl methyl sites for hydroxylation is 1. The van der Waals surface area contributed by atoms with Crippen molar-refractivity contribution in [2.24, 2.45) is 0 Å². The van der Waals surface area contributed by atoms with Crippen LogP contribution in [0.1, 0.15) is 71.1 Å². The minimum atomic E-state index is -8.75. The van der Waals surface area contributed by atoms with Gasteiger partial charge in [0.1, 0.15) is 12.4 Å². The first kappa shape index (κ1) is 44.3. The Kier molecular flexibility index (Phi) is 11.8. The van der Waals surface area contributed by atoms with E-state index in [-0.39, 0.29) is 12.2 Å². The van der Waals surface area contributed by atoms with Gasteiger partial charge < -0.3 is 14.9 Å². The summed E-state index contributed by atoms with van der Waals surface area (Å²) in [6.45, 7) is 8.73. The second-order valence-corrected chi connectivity index (χ2v) is 13.2. The molecule has 0 bridgehead atoms. The molecule has 0 aromatic heterocycles. The quantitative estimate of drug-likeness (QED) is 0.156. The summed E-state index contributed by atoms with van der Waals surface area (Å²) >= 11 is 0. The lowest BCUT2D eigenvalue weighted by atomic mass is 9.78. The van der Waals surface area contributed by atoms with Gasteiger partial charge in [-0.1, -0.05) is 53.7 Å². The molecule has 0 saturated heterocycles. The number of phenolic OH excluding ortho intramolecular Hbond substituents is 1. The van der Waals surface area contributed by atoms with Crippen LogP contribution in [0.4, 0.5) is 74.6 Å². The molecule has 0 saturated carbocycles. The fourth-order valence-corrected chi connectivity index (χ4v) is 4.17. The Morgan fingerprint density at radius 3 is 1.33 bits per heavy atom. The molecule has 0 amide bonds. The molecular weight excluding hydrogens is 723 g/mol. The van der Waals surface area contributed by atoms with Crippen molar-refractivity contribution in [1.29, 1.82) is 0 Å². The number of benzene rings is 1. The summed E-state index contributed by atoms with van der Waals surface area (Å²) in [5, 5.41) is 20.3. The lowest BCUT2D eigenvalue weighted by Crippen LogP contribution is -2.74. The van der Waals surface area contributed by atoms with Crippen molar-refractivity contribution in [1.82, 2.24) is 0 Å². The van der Waals surface area contributed by atoms with Crippen molar-refractivity contribution < 1.29 is 94.4 Å². The van der Waals surface area contributed by atoms with E-state index in [4.69, 9.17) is 0 Å². The van der Waals surface area contributed by atoms with Gasteiger partial charge >= 0.3 is 53.6 Å². The number of rotatable bonds is 13. The molecule has 286 valence electrons. The molecule has 0 aliphatic rings. The molecule has 0 heterocycles. The smallest absolute Gasteiger partial charge is 0.460 e. The predicted molar refractivity (Wildman–Crippen MR) is 136 cm³/mol. The van der Waals surface area contributed by atoms with E-state index in [1.165, 1.54) is 12.1 Å². The molecular formula is C28H31F17O4. The van der Waals surface area contributed by atoms with Gasteiger partial charge in [-0.25, -0.2) is 0 Å². The normalized spacial score (nSPS) is 15.8. The molecule has 1 unspecified atom stereocenters. The second kappa shape index (κ2) is 13.1. The van der Waals surface area contributed by atoms with Crippen LogP contribution < -0.4 is 0 Å². The Bertz CT molecular complexity index is 1300. The van der Waals surface area contributed by atoms with Crippen molar-refractivity contribution in [3.8, 4) is 5.75 Å². The summed E-state index contributed by atoms with van der Waals surface area (Å²) in [5.41, 5.74) is 0.0577. The molecule has 0 spiro atoms. The molecule has 1 atom stereocenters. The van der Waals surface area contributed by atoms with Gasteiger partial charge in [-0.05, 0) is 33.9 Å². The van der Waals surface area contributed by atoms with E-state index in [0.29, 0.717) is 16.7 Å². The van der Waals surface area contributed by atoms with Crippen LogP contribution in [0.5, 0.6) is 5.75 Å². The molecule has 1 aromatic carbocycles. The maximum atomic E-state index is 14.1. The van der Waals surface area contributed by atoms with Crippen molar-refractivity contribution in [2.45, 2.75) is 125 Å². The molecule has 4 nitrogen and oxygen atoms in total. The topological polar surface area (TPSA) is 66.8 Å². The molecule has 0 aliphatic heterocycles. The lowest BCUT2D eigenvalue weighted by Gasteiger charge is -2.43. The highest BCUT2D eigenvalue weighted by atomic mass is 19.4. The summed E-state index contributed by atoms with van der Waals surface area (Å²) in [6, 6.07) is 3.02. The maximum absolute atomic E-state index is 14.1. The van der Waals surface area contributed by atoms with Gasteiger partial charge in [0.15, 0.2) is 0 Å². The van der Waals surface area contributed by atoms with E-state index in [9.17, 15) is 89.6 Å². The number of aliphatic hydroxyl groups excluding tert-OH is 1. The van der Waals surface area contributed by atoms with Gasteiger partial charge in [0.2, 0.25) is 0 Å². The first-order valence-corrected chi connectivity index (χ1v) is 13.7. The van der Waals surface area contributed by atoms with Crippen molar-refractivity contribution >= 4 is 5.97 Å². The van der Waals surface area contributed by atoms with Crippen molar-refractivity contribution in [3.63, 3.8) is 0 Å². The van der Waals surface area contributed by atoms with Crippen LogP contribution >= 0.6 is 0 Å². The number of halogens is 17. The van der Waals surface area contributed by atoms with Gasteiger partial charge in [-0.15, -0.1) is 0 Å². The third kappa shape index (κ3) is 7.94. The van der Waals surface area contributed by atoms with E-state index in [1.54, 1.807) is 41.5 Å². The zero-order chi connectivity index (χ0) is 39.4. The zero-order valence-electron chi connectivity index (χ0n) is 26.2. The fraction of sp³-hybridized carbons (Fsp3) is 0.750. The summed E-state index contributed by atoms with van der Waals surface area (Å²) in [6.07, 6.45) is -15.0. The van der Waals surface area contributed by atoms with Gasteiger partial charge in [0.05, 0.1) is 6.10 Å². The number of phenols is 1. The van der Waals surface area contributed by atoms with E-state index in [2.05, 4.69) is 4.74 Å². The van der Waals surface area contributed by atoms with Gasteiger partial charge in [-0.3, -0.25) is 4.79 Å². The van der Waals surface area contributed by atoms with E-state index < -0.39 is 90.0 Å². The molecule has 49 heavy (non-hydrogen) atoms. The first-order valence-electron chi connectivity index (χ1n) is 13.7. The largest absolute Gasteiger partial charge is 0.507 e. The third-order valence-corrected chi connectivity index (χ3v) is 7.12.